The molecular weight excluding hydrogens is 337 g/mol. The smallest absolute Gasteiger partial charge is 0.196 e. The quantitative estimate of drug-likeness (QED) is 0.875. The van der Waals surface area contributed by atoms with Gasteiger partial charge in [-0.05, 0) is 42.0 Å². The molecule has 1 aliphatic rings. The Morgan fingerprint density at radius 1 is 1.24 bits per heavy atom. The standard InChI is InChI=1S/C15H13BrFN3O/c16-10-1-3-12(4-2-10)20-14(8-19-15(20)18)9-5-11(17)7-13(21)6-9/h1-7,14,21H,8H2,(H2,18,19). The van der Waals surface area contributed by atoms with Crippen molar-refractivity contribution in [3.8, 4) is 5.75 Å². The molecule has 0 aliphatic carbocycles. The summed E-state index contributed by atoms with van der Waals surface area (Å²) in [7, 11) is 0. The molecular formula is C15H13BrFN3O. The maximum atomic E-state index is 13.5. The number of phenolic OH excluding ortho intramolecular Hbond substituents is 1. The second-order valence-electron chi connectivity index (χ2n) is 4.80. The Kier molecular flexibility index (Phi) is 3.55. The summed E-state index contributed by atoms with van der Waals surface area (Å²) in [4.78, 5) is 6.07. The highest BCUT2D eigenvalue weighted by Gasteiger charge is 2.29. The number of nitrogens with zero attached hydrogens (tertiary/aromatic N) is 2. The lowest BCUT2D eigenvalue weighted by Gasteiger charge is -2.26. The van der Waals surface area contributed by atoms with E-state index in [1.54, 1.807) is 0 Å². The first kappa shape index (κ1) is 13.9. The molecule has 1 aliphatic heterocycles. The predicted molar refractivity (Wildman–Crippen MR) is 83.9 cm³/mol. The van der Waals surface area contributed by atoms with Crippen molar-refractivity contribution >= 4 is 27.6 Å². The molecule has 6 heteroatoms. The number of benzene rings is 2. The van der Waals surface area contributed by atoms with Crippen molar-refractivity contribution < 1.29 is 9.50 Å². The molecule has 4 nitrogen and oxygen atoms in total. The summed E-state index contributed by atoms with van der Waals surface area (Å²) in [5, 5.41) is 9.58. The van der Waals surface area contributed by atoms with Gasteiger partial charge in [0.05, 0.1) is 12.6 Å². The Hall–Kier alpha value is -2.08. The summed E-state index contributed by atoms with van der Waals surface area (Å²) >= 11 is 3.39. The van der Waals surface area contributed by atoms with E-state index < -0.39 is 5.82 Å². The van der Waals surface area contributed by atoms with E-state index in [4.69, 9.17) is 5.73 Å². The highest BCUT2D eigenvalue weighted by atomic mass is 79.9. The molecule has 1 atom stereocenters. The predicted octanol–water partition coefficient (Wildman–Crippen LogP) is 3.17. The molecule has 3 N–H and O–H groups in total. The summed E-state index contributed by atoms with van der Waals surface area (Å²) in [6, 6.07) is 11.4. The lowest BCUT2D eigenvalue weighted by Crippen LogP contribution is -2.36. The van der Waals surface area contributed by atoms with E-state index in [0.717, 1.165) is 16.2 Å². The Morgan fingerprint density at radius 2 is 1.95 bits per heavy atom. The van der Waals surface area contributed by atoms with Crippen LogP contribution in [0.25, 0.3) is 0 Å². The van der Waals surface area contributed by atoms with Gasteiger partial charge in [0, 0.05) is 16.2 Å². The monoisotopic (exact) mass is 349 g/mol. The minimum atomic E-state index is -0.480. The second kappa shape index (κ2) is 5.37. The maximum absolute atomic E-state index is 13.5. The first-order valence-corrected chi connectivity index (χ1v) is 7.18. The van der Waals surface area contributed by atoms with E-state index in [2.05, 4.69) is 20.9 Å². The van der Waals surface area contributed by atoms with Crippen molar-refractivity contribution in [3.05, 3.63) is 58.3 Å². The maximum Gasteiger partial charge on any atom is 0.196 e. The molecule has 21 heavy (non-hydrogen) atoms. The van der Waals surface area contributed by atoms with Crippen LogP contribution in [-0.4, -0.2) is 17.6 Å². The Labute approximate surface area is 129 Å². The number of rotatable bonds is 2. The lowest BCUT2D eigenvalue weighted by atomic mass is 10.0. The van der Waals surface area contributed by atoms with E-state index in [1.165, 1.54) is 12.1 Å². The number of aliphatic imine (C=N–C) groups is 1. The third-order valence-corrected chi connectivity index (χ3v) is 3.91. The van der Waals surface area contributed by atoms with Crippen LogP contribution in [0.1, 0.15) is 11.6 Å². The van der Waals surface area contributed by atoms with Crippen LogP contribution >= 0.6 is 15.9 Å². The molecule has 2 aromatic carbocycles. The zero-order valence-electron chi connectivity index (χ0n) is 11.0. The number of hydrogen-bond acceptors (Lipinski definition) is 4. The molecule has 1 heterocycles. The number of phenols is 1. The highest BCUT2D eigenvalue weighted by Crippen LogP contribution is 2.33. The van der Waals surface area contributed by atoms with Gasteiger partial charge in [0.15, 0.2) is 5.96 Å². The fraction of sp³-hybridized carbons (Fsp3) is 0.133. The Bertz CT molecular complexity index is 682. The number of nitrogens with two attached hydrogens (primary N) is 1. The number of guanidine groups is 1. The third kappa shape index (κ3) is 2.71. The van der Waals surface area contributed by atoms with Crippen molar-refractivity contribution in [3.63, 3.8) is 0 Å². The van der Waals surface area contributed by atoms with Crippen LogP contribution in [0.4, 0.5) is 10.1 Å². The van der Waals surface area contributed by atoms with Gasteiger partial charge in [-0.25, -0.2) is 4.39 Å². The first-order chi connectivity index (χ1) is 10.0. The second-order valence-corrected chi connectivity index (χ2v) is 5.72. The van der Waals surface area contributed by atoms with Crippen molar-refractivity contribution in [2.75, 3.05) is 11.4 Å². The molecule has 0 amide bonds. The fourth-order valence-electron chi connectivity index (χ4n) is 2.45. The molecule has 2 aromatic rings. The molecule has 108 valence electrons. The van der Waals surface area contributed by atoms with Gasteiger partial charge in [-0.3, -0.25) is 4.99 Å². The highest BCUT2D eigenvalue weighted by molar-refractivity contribution is 9.10. The topological polar surface area (TPSA) is 61.9 Å². The fourth-order valence-corrected chi connectivity index (χ4v) is 2.72. The SMILES string of the molecule is NC1=NCC(c2cc(O)cc(F)c2)N1c1ccc(Br)cc1. The number of hydrogen-bond donors (Lipinski definition) is 2. The van der Waals surface area contributed by atoms with Crippen LogP contribution in [0.5, 0.6) is 5.75 Å². The number of aromatic hydroxyl groups is 1. The van der Waals surface area contributed by atoms with Crippen molar-refractivity contribution in [1.82, 2.24) is 0 Å². The van der Waals surface area contributed by atoms with Crippen LogP contribution in [0.3, 0.4) is 0 Å². The molecule has 0 saturated heterocycles. The zero-order chi connectivity index (χ0) is 15.0. The van der Waals surface area contributed by atoms with E-state index >= 15 is 0 Å². The number of halogens is 2. The van der Waals surface area contributed by atoms with Crippen LogP contribution in [0, 0.1) is 5.82 Å². The molecule has 3 rings (SSSR count). The van der Waals surface area contributed by atoms with Gasteiger partial charge < -0.3 is 15.7 Å². The van der Waals surface area contributed by atoms with Gasteiger partial charge in [-0.1, -0.05) is 15.9 Å². The van der Waals surface area contributed by atoms with Gasteiger partial charge in [-0.15, -0.1) is 0 Å². The summed E-state index contributed by atoms with van der Waals surface area (Å²) in [6.45, 7) is 0.421. The van der Waals surface area contributed by atoms with Crippen LogP contribution in [0.2, 0.25) is 0 Å². The van der Waals surface area contributed by atoms with Crippen molar-refractivity contribution in [1.29, 1.82) is 0 Å². The third-order valence-electron chi connectivity index (χ3n) is 3.38. The van der Waals surface area contributed by atoms with Gasteiger partial charge in [-0.2, -0.15) is 0 Å². The summed E-state index contributed by atoms with van der Waals surface area (Å²) in [5.41, 5.74) is 7.47. The van der Waals surface area contributed by atoms with Crippen molar-refractivity contribution in [2.24, 2.45) is 10.7 Å². The lowest BCUT2D eigenvalue weighted by molar-refractivity contribution is 0.467. The normalized spacial score (nSPS) is 17.9. The summed E-state index contributed by atoms with van der Waals surface area (Å²) in [5.74, 6) is -0.205. The van der Waals surface area contributed by atoms with Gasteiger partial charge >= 0.3 is 0 Å². The average Bonchev–Trinajstić information content (AvgIpc) is 2.80. The summed E-state index contributed by atoms with van der Waals surface area (Å²) in [6.07, 6.45) is 0. The van der Waals surface area contributed by atoms with Crippen LogP contribution in [0.15, 0.2) is 51.9 Å². The largest absolute Gasteiger partial charge is 0.508 e. The molecule has 1 unspecified atom stereocenters. The Morgan fingerprint density at radius 3 is 2.62 bits per heavy atom. The van der Waals surface area contributed by atoms with Gasteiger partial charge in [0.1, 0.15) is 11.6 Å². The van der Waals surface area contributed by atoms with E-state index in [1.807, 2.05) is 29.2 Å². The van der Waals surface area contributed by atoms with E-state index in [0.29, 0.717) is 18.1 Å². The zero-order valence-corrected chi connectivity index (χ0v) is 12.6. The van der Waals surface area contributed by atoms with Gasteiger partial charge in [0.25, 0.3) is 0 Å². The van der Waals surface area contributed by atoms with Gasteiger partial charge in [0.2, 0.25) is 0 Å². The molecule has 0 bridgehead atoms. The van der Waals surface area contributed by atoms with Crippen molar-refractivity contribution in [2.45, 2.75) is 6.04 Å². The minimum Gasteiger partial charge on any atom is -0.508 e. The average molecular weight is 350 g/mol. The molecule has 0 spiro atoms. The number of anilines is 1. The molecule has 0 fully saturated rings. The summed E-state index contributed by atoms with van der Waals surface area (Å²) < 4.78 is 14.5. The molecule has 0 aromatic heterocycles. The Balaban J connectivity index is 2.00. The van der Waals surface area contributed by atoms with E-state index in [-0.39, 0.29) is 11.8 Å². The van der Waals surface area contributed by atoms with Crippen LogP contribution in [-0.2, 0) is 0 Å². The first-order valence-electron chi connectivity index (χ1n) is 6.39. The van der Waals surface area contributed by atoms with Crippen LogP contribution < -0.4 is 10.6 Å². The minimum absolute atomic E-state index is 0.105. The molecule has 0 saturated carbocycles. The molecule has 0 radical (unpaired) electrons. The van der Waals surface area contributed by atoms with E-state index in [9.17, 15) is 9.50 Å².